The Labute approximate surface area is 146 Å². The summed E-state index contributed by atoms with van der Waals surface area (Å²) in [5.41, 5.74) is 1.41. The Morgan fingerprint density at radius 2 is 2.00 bits per heavy atom. The Morgan fingerprint density at radius 1 is 1.29 bits per heavy atom. The van der Waals surface area contributed by atoms with Crippen LogP contribution in [0.25, 0.3) is 11.0 Å². The monoisotopic (exact) mass is 350 g/mol. The van der Waals surface area contributed by atoms with Crippen molar-refractivity contribution in [3.8, 4) is 0 Å². The van der Waals surface area contributed by atoms with Gasteiger partial charge in [-0.15, -0.1) is 0 Å². The summed E-state index contributed by atoms with van der Waals surface area (Å²) < 4.78 is 5.42. The molecule has 2 aromatic rings. The molecule has 2 heterocycles. The number of aromatic amines is 1. The molecule has 1 aliphatic rings. The van der Waals surface area contributed by atoms with Gasteiger partial charge in [0.25, 0.3) is 0 Å². The second kappa shape index (κ2) is 6.61. The van der Waals surface area contributed by atoms with E-state index in [1.54, 1.807) is 4.90 Å². The molecule has 1 aromatic heterocycles. The van der Waals surface area contributed by atoms with Gasteiger partial charge in [0.1, 0.15) is 11.4 Å². The highest BCUT2D eigenvalue weighted by Crippen LogP contribution is 2.18. The molecule has 0 bridgehead atoms. The van der Waals surface area contributed by atoms with Crippen LogP contribution in [0, 0.1) is 0 Å². The third-order valence-corrected chi connectivity index (χ3v) is 4.13. The number of hydrogen-bond donors (Lipinski definition) is 1. The van der Waals surface area contributed by atoms with Gasteiger partial charge in [-0.05, 0) is 39.0 Å². The zero-order valence-corrected chi connectivity index (χ0v) is 15.1. The minimum atomic E-state index is -0.455. The van der Waals surface area contributed by atoms with Gasteiger partial charge in [-0.3, -0.25) is 4.90 Å². The van der Waals surface area contributed by atoms with Crippen LogP contribution in [-0.2, 0) is 11.3 Å². The first-order valence-corrected chi connectivity index (χ1v) is 8.52. The molecule has 0 spiro atoms. The quantitative estimate of drug-likeness (QED) is 0.903. The Kier molecular flexibility index (Phi) is 4.69. The first-order chi connectivity index (χ1) is 11.3. The van der Waals surface area contributed by atoms with Crippen LogP contribution in [0.2, 0.25) is 5.02 Å². The average Bonchev–Trinajstić information content (AvgIpc) is 2.87. The molecule has 6 nitrogen and oxygen atoms in total. The number of aromatic nitrogens is 2. The fourth-order valence-corrected chi connectivity index (χ4v) is 2.91. The molecule has 3 rings (SSSR count). The molecule has 1 amide bonds. The molecule has 0 saturated carbocycles. The van der Waals surface area contributed by atoms with Crippen molar-refractivity contribution >= 4 is 28.7 Å². The number of carbonyl (C=O) groups excluding carboxylic acids is 1. The van der Waals surface area contributed by atoms with Crippen molar-refractivity contribution in [2.45, 2.75) is 32.9 Å². The van der Waals surface area contributed by atoms with E-state index in [4.69, 9.17) is 16.3 Å². The van der Waals surface area contributed by atoms with Gasteiger partial charge in [-0.25, -0.2) is 9.78 Å². The van der Waals surface area contributed by atoms with Gasteiger partial charge in [0.05, 0.1) is 17.6 Å². The van der Waals surface area contributed by atoms with E-state index in [9.17, 15) is 4.79 Å². The van der Waals surface area contributed by atoms with Gasteiger partial charge in [0, 0.05) is 31.2 Å². The Hall–Kier alpha value is -1.79. The fourth-order valence-electron chi connectivity index (χ4n) is 2.74. The summed E-state index contributed by atoms with van der Waals surface area (Å²) in [5.74, 6) is 0.915. The molecular weight excluding hydrogens is 328 g/mol. The predicted octanol–water partition coefficient (Wildman–Crippen LogP) is 3.27. The van der Waals surface area contributed by atoms with E-state index < -0.39 is 5.60 Å². The lowest BCUT2D eigenvalue weighted by atomic mass is 10.2. The van der Waals surface area contributed by atoms with Crippen molar-refractivity contribution in [1.29, 1.82) is 0 Å². The number of nitrogens with one attached hydrogen (secondary N) is 1. The number of piperazine rings is 1. The van der Waals surface area contributed by atoms with Crippen molar-refractivity contribution < 1.29 is 9.53 Å². The number of nitrogens with zero attached hydrogens (tertiary/aromatic N) is 3. The van der Waals surface area contributed by atoms with Gasteiger partial charge in [0.15, 0.2) is 0 Å². The number of imidazole rings is 1. The van der Waals surface area contributed by atoms with Crippen LogP contribution in [0.5, 0.6) is 0 Å². The minimum Gasteiger partial charge on any atom is -0.444 e. The lowest BCUT2D eigenvalue weighted by Crippen LogP contribution is -2.49. The highest BCUT2D eigenvalue weighted by Gasteiger charge is 2.26. The normalized spacial score (nSPS) is 16.6. The third kappa shape index (κ3) is 4.19. The van der Waals surface area contributed by atoms with Crippen LogP contribution in [0.1, 0.15) is 26.6 Å². The molecule has 1 fully saturated rings. The highest BCUT2D eigenvalue weighted by molar-refractivity contribution is 6.31. The minimum absolute atomic E-state index is 0.236. The second-order valence-electron chi connectivity index (χ2n) is 7.09. The molecule has 1 N–H and O–H groups in total. The molecule has 0 aliphatic carbocycles. The van der Waals surface area contributed by atoms with Gasteiger partial charge in [0.2, 0.25) is 0 Å². The van der Waals surface area contributed by atoms with Crippen LogP contribution < -0.4 is 0 Å². The van der Waals surface area contributed by atoms with Crippen molar-refractivity contribution in [2.24, 2.45) is 0 Å². The van der Waals surface area contributed by atoms with Gasteiger partial charge >= 0.3 is 6.09 Å². The summed E-state index contributed by atoms with van der Waals surface area (Å²) in [6.07, 6.45) is -0.236. The third-order valence-electron chi connectivity index (χ3n) is 3.89. The number of rotatable bonds is 2. The van der Waals surface area contributed by atoms with E-state index in [0.717, 1.165) is 36.5 Å². The number of halogens is 1. The van der Waals surface area contributed by atoms with Gasteiger partial charge in [-0.2, -0.15) is 0 Å². The van der Waals surface area contributed by atoms with Gasteiger partial charge < -0.3 is 14.6 Å². The number of fused-ring (bicyclic) bond motifs is 1. The number of carbonyl (C=O) groups is 1. The number of ether oxygens (including phenoxy) is 1. The fraction of sp³-hybridized carbons (Fsp3) is 0.529. The Bertz CT molecular complexity index is 730. The first kappa shape index (κ1) is 17.0. The van der Waals surface area contributed by atoms with Gasteiger partial charge in [-0.1, -0.05) is 11.6 Å². The van der Waals surface area contributed by atoms with Crippen molar-refractivity contribution in [3.63, 3.8) is 0 Å². The summed E-state index contributed by atoms with van der Waals surface area (Å²) in [6, 6.07) is 5.64. The van der Waals surface area contributed by atoms with Crippen LogP contribution >= 0.6 is 11.6 Å². The Balaban J connectivity index is 1.55. The topological polar surface area (TPSA) is 61.5 Å². The Morgan fingerprint density at radius 3 is 2.67 bits per heavy atom. The first-order valence-electron chi connectivity index (χ1n) is 8.14. The molecule has 0 atom stereocenters. The summed E-state index contributed by atoms with van der Waals surface area (Å²) in [4.78, 5) is 24.0. The molecule has 130 valence electrons. The average molecular weight is 351 g/mol. The predicted molar refractivity (Wildman–Crippen MR) is 94.2 cm³/mol. The van der Waals surface area contributed by atoms with E-state index in [2.05, 4.69) is 14.9 Å². The maximum absolute atomic E-state index is 12.1. The molecule has 7 heteroatoms. The molecular formula is C17H23ClN4O2. The van der Waals surface area contributed by atoms with Crippen molar-refractivity contribution in [3.05, 3.63) is 29.0 Å². The largest absolute Gasteiger partial charge is 0.444 e. The summed E-state index contributed by atoms with van der Waals surface area (Å²) >= 11 is 6.00. The number of hydrogen-bond acceptors (Lipinski definition) is 4. The molecule has 1 saturated heterocycles. The van der Waals surface area contributed by atoms with E-state index in [1.807, 2.05) is 39.0 Å². The van der Waals surface area contributed by atoms with Crippen molar-refractivity contribution in [2.75, 3.05) is 26.2 Å². The van der Waals surface area contributed by atoms with E-state index in [0.29, 0.717) is 18.1 Å². The maximum Gasteiger partial charge on any atom is 0.410 e. The number of H-pyrrole nitrogens is 1. The molecule has 1 aromatic carbocycles. The second-order valence-corrected chi connectivity index (χ2v) is 7.52. The lowest BCUT2D eigenvalue weighted by Gasteiger charge is -2.35. The summed E-state index contributed by atoms with van der Waals surface area (Å²) in [6.45, 7) is 9.32. The van der Waals surface area contributed by atoms with Crippen LogP contribution in [-0.4, -0.2) is 57.6 Å². The summed E-state index contributed by atoms with van der Waals surface area (Å²) in [7, 11) is 0. The van der Waals surface area contributed by atoms with Crippen LogP contribution in [0.4, 0.5) is 4.79 Å². The number of benzene rings is 1. The highest BCUT2D eigenvalue weighted by atomic mass is 35.5. The SMILES string of the molecule is CC(C)(C)OC(=O)N1CCN(Cc2nc3ccc(Cl)cc3[nH]2)CC1. The lowest BCUT2D eigenvalue weighted by molar-refractivity contribution is 0.0137. The standard InChI is InChI=1S/C17H23ClN4O2/c1-17(2,3)24-16(23)22-8-6-21(7-9-22)11-15-19-13-5-4-12(18)10-14(13)20-15/h4-5,10H,6-9,11H2,1-3H3,(H,19,20). The maximum atomic E-state index is 12.1. The zero-order chi connectivity index (χ0) is 17.3. The van der Waals surface area contributed by atoms with Crippen LogP contribution in [0.3, 0.4) is 0 Å². The van der Waals surface area contributed by atoms with E-state index in [-0.39, 0.29) is 6.09 Å². The van der Waals surface area contributed by atoms with E-state index in [1.165, 1.54) is 0 Å². The smallest absolute Gasteiger partial charge is 0.410 e. The zero-order valence-electron chi connectivity index (χ0n) is 14.3. The van der Waals surface area contributed by atoms with Crippen molar-refractivity contribution in [1.82, 2.24) is 19.8 Å². The molecule has 0 radical (unpaired) electrons. The molecule has 24 heavy (non-hydrogen) atoms. The summed E-state index contributed by atoms with van der Waals surface area (Å²) in [5, 5.41) is 0.698. The number of amides is 1. The van der Waals surface area contributed by atoms with Crippen LogP contribution in [0.15, 0.2) is 18.2 Å². The molecule has 0 unspecified atom stereocenters. The molecule has 1 aliphatic heterocycles. The van der Waals surface area contributed by atoms with E-state index >= 15 is 0 Å².